The Labute approximate surface area is 129 Å². The first kappa shape index (κ1) is 15.5. The standard InChI is InChI=1S/C16H18N4O2/c1-20(2)14-5-3-13(4-6-14)19-16(22)15(21)18-11-12-7-9-17-10-8-12/h3-10H,11H2,1-2H3,(H,18,21)(H,19,22). The van der Waals surface area contributed by atoms with Crippen molar-refractivity contribution < 1.29 is 9.59 Å². The summed E-state index contributed by atoms with van der Waals surface area (Å²) < 4.78 is 0. The Morgan fingerprint density at radius 3 is 2.23 bits per heavy atom. The van der Waals surface area contributed by atoms with Crippen LogP contribution in [0, 0.1) is 0 Å². The van der Waals surface area contributed by atoms with Gasteiger partial charge in [0.1, 0.15) is 0 Å². The van der Waals surface area contributed by atoms with Crippen LogP contribution in [0.5, 0.6) is 0 Å². The number of pyridine rings is 1. The first-order chi connectivity index (χ1) is 10.6. The molecule has 2 amide bonds. The van der Waals surface area contributed by atoms with E-state index in [9.17, 15) is 9.59 Å². The van der Waals surface area contributed by atoms with Gasteiger partial charge in [0.15, 0.2) is 0 Å². The lowest BCUT2D eigenvalue weighted by Crippen LogP contribution is -2.34. The van der Waals surface area contributed by atoms with Crippen molar-refractivity contribution in [3.05, 3.63) is 54.4 Å². The molecule has 1 heterocycles. The van der Waals surface area contributed by atoms with E-state index >= 15 is 0 Å². The minimum atomic E-state index is -0.688. The molecular weight excluding hydrogens is 280 g/mol. The number of carbonyl (C=O) groups is 2. The van der Waals surface area contributed by atoms with Crippen molar-refractivity contribution in [1.82, 2.24) is 10.3 Å². The van der Waals surface area contributed by atoms with E-state index in [0.29, 0.717) is 5.69 Å². The number of rotatable bonds is 4. The molecule has 0 fully saturated rings. The Morgan fingerprint density at radius 2 is 1.64 bits per heavy atom. The summed E-state index contributed by atoms with van der Waals surface area (Å²) in [6, 6.07) is 10.8. The number of nitrogens with one attached hydrogen (secondary N) is 2. The van der Waals surface area contributed by atoms with E-state index < -0.39 is 11.8 Å². The first-order valence-electron chi connectivity index (χ1n) is 6.82. The summed E-state index contributed by atoms with van der Waals surface area (Å²) in [6.45, 7) is 0.286. The lowest BCUT2D eigenvalue weighted by molar-refractivity contribution is -0.136. The third kappa shape index (κ3) is 4.31. The molecule has 1 aromatic heterocycles. The molecule has 0 saturated carbocycles. The summed E-state index contributed by atoms with van der Waals surface area (Å²) >= 11 is 0. The van der Waals surface area contributed by atoms with Crippen molar-refractivity contribution in [3.8, 4) is 0 Å². The fraction of sp³-hybridized carbons (Fsp3) is 0.188. The second kappa shape index (κ2) is 7.21. The van der Waals surface area contributed by atoms with Gasteiger partial charge in [-0.25, -0.2) is 0 Å². The van der Waals surface area contributed by atoms with Crippen molar-refractivity contribution in [1.29, 1.82) is 0 Å². The van der Waals surface area contributed by atoms with Crippen LogP contribution < -0.4 is 15.5 Å². The van der Waals surface area contributed by atoms with Crippen LogP contribution in [0.4, 0.5) is 11.4 Å². The second-order valence-corrected chi connectivity index (χ2v) is 4.93. The van der Waals surface area contributed by atoms with E-state index in [2.05, 4.69) is 15.6 Å². The molecule has 0 atom stereocenters. The van der Waals surface area contributed by atoms with Crippen molar-refractivity contribution in [2.45, 2.75) is 6.54 Å². The number of hydrogen-bond donors (Lipinski definition) is 2. The summed E-state index contributed by atoms with van der Waals surface area (Å²) in [5, 5.41) is 5.12. The maximum Gasteiger partial charge on any atom is 0.313 e. The van der Waals surface area contributed by atoms with E-state index in [1.165, 1.54) is 0 Å². The highest BCUT2D eigenvalue weighted by Crippen LogP contribution is 2.15. The Hall–Kier alpha value is -2.89. The number of anilines is 2. The molecule has 2 N–H and O–H groups in total. The molecule has 1 aromatic carbocycles. The Bertz CT molecular complexity index is 639. The molecular formula is C16H18N4O2. The van der Waals surface area contributed by atoms with E-state index in [0.717, 1.165) is 11.3 Å². The molecule has 2 rings (SSSR count). The first-order valence-corrected chi connectivity index (χ1v) is 6.82. The van der Waals surface area contributed by atoms with E-state index in [1.54, 1.807) is 36.7 Å². The largest absolute Gasteiger partial charge is 0.378 e. The van der Waals surface area contributed by atoms with Crippen molar-refractivity contribution >= 4 is 23.2 Å². The highest BCUT2D eigenvalue weighted by atomic mass is 16.2. The Kier molecular flexibility index (Phi) is 5.08. The van der Waals surface area contributed by atoms with Gasteiger partial charge in [-0.05, 0) is 42.0 Å². The maximum atomic E-state index is 11.8. The highest BCUT2D eigenvalue weighted by Gasteiger charge is 2.13. The third-order valence-corrected chi connectivity index (χ3v) is 3.05. The number of hydrogen-bond acceptors (Lipinski definition) is 4. The molecule has 0 radical (unpaired) electrons. The molecule has 0 bridgehead atoms. The van der Waals surface area contributed by atoms with E-state index in [4.69, 9.17) is 0 Å². The number of benzene rings is 1. The van der Waals surface area contributed by atoms with Crippen LogP contribution in [0.25, 0.3) is 0 Å². The smallest absolute Gasteiger partial charge is 0.313 e. The Morgan fingerprint density at radius 1 is 1.00 bits per heavy atom. The lowest BCUT2D eigenvalue weighted by Gasteiger charge is -2.13. The summed E-state index contributed by atoms with van der Waals surface area (Å²) in [5.74, 6) is -1.36. The molecule has 6 nitrogen and oxygen atoms in total. The quantitative estimate of drug-likeness (QED) is 0.837. The fourth-order valence-electron chi connectivity index (χ4n) is 1.79. The normalized spacial score (nSPS) is 9.91. The van der Waals surface area contributed by atoms with Crippen LogP contribution in [-0.4, -0.2) is 30.9 Å². The van der Waals surface area contributed by atoms with Gasteiger partial charge in [-0.2, -0.15) is 0 Å². The molecule has 114 valence electrons. The van der Waals surface area contributed by atoms with Crippen LogP contribution in [0.2, 0.25) is 0 Å². The molecule has 0 unspecified atom stereocenters. The van der Waals surface area contributed by atoms with Crippen LogP contribution in [0.15, 0.2) is 48.8 Å². The van der Waals surface area contributed by atoms with Crippen LogP contribution in [0.1, 0.15) is 5.56 Å². The molecule has 0 aliphatic rings. The number of amides is 2. The van der Waals surface area contributed by atoms with E-state index in [1.807, 2.05) is 31.1 Å². The summed E-state index contributed by atoms with van der Waals surface area (Å²) in [6.07, 6.45) is 3.27. The van der Waals surface area contributed by atoms with Crippen LogP contribution >= 0.6 is 0 Å². The van der Waals surface area contributed by atoms with Crippen molar-refractivity contribution in [2.75, 3.05) is 24.3 Å². The van der Waals surface area contributed by atoms with Gasteiger partial charge in [-0.1, -0.05) is 0 Å². The molecule has 0 saturated heterocycles. The SMILES string of the molecule is CN(C)c1ccc(NC(=O)C(=O)NCc2ccncc2)cc1. The summed E-state index contributed by atoms with van der Waals surface area (Å²) in [5.41, 5.74) is 2.47. The highest BCUT2D eigenvalue weighted by molar-refractivity contribution is 6.39. The van der Waals surface area contributed by atoms with Gasteiger partial charge >= 0.3 is 11.8 Å². The third-order valence-electron chi connectivity index (χ3n) is 3.05. The zero-order valence-corrected chi connectivity index (χ0v) is 12.5. The predicted molar refractivity (Wildman–Crippen MR) is 85.5 cm³/mol. The lowest BCUT2D eigenvalue weighted by atomic mass is 10.2. The molecule has 0 aliphatic carbocycles. The van der Waals surface area contributed by atoms with E-state index in [-0.39, 0.29) is 6.54 Å². The molecule has 0 spiro atoms. The topological polar surface area (TPSA) is 74.3 Å². The van der Waals surface area contributed by atoms with Crippen molar-refractivity contribution in [3.63, 3.8) is 0 Å². The predicted octanol–water partition coefficient (Wildman–Crippen LogP) is 1.40. The van der Waals surface area contributed by atoms with Crippen LogP contribution in [0.3, 0.4) is 0 Å². The van der Waals surface area contributed by atoms with Gasteiger partial charge in [0, 0.05) is 44.4 Å². The summed E-state index contributed by atoms with van der Waals surface area (Å²) in [7, 11) is 3.86. The Balaban J connectivity index is 1.87. The number of nitrogens with zero attached hydrogens (tertiary/aromatic N) is 2. The second-order valence-electron chi connectivity index (χ2n) is 4.93. The van der Waals surface area contributed by atoms with Gasteiger partial charge in [0.05, 0.1) is 0 Å². The average Bonchev–Trinajstić information content (AvgIpc) is 2.54. The monoisotopic (exact) mass is 298 g/mol. The molecule has 22 heavy (non-hydrogen) atoms. The van der Waals surface area contributed by atoms with Crippen LogP contribution in [-0.2, 0) is 16.1 Å². The molecule has 2 aromatic rings. The zero-order chi connectivity index (χ0) is 15.9. The number of carbonyl (C=O) groups excluding carboxylic acids is 2. The number of aromatic nitrogens is 1. The van der Waals surface area contributed by atoms with Crippen molar-refractivity contribution in [2.24, 2.45) is 0 Å². The minimum Gasteiger partial charge on any atom is -0.378 e. The maximum absolute atomic E-state index is 11.8. The molecule has 6 heteroatoms. The van der Waals surface area contributed by atoms with Gasteiger partial charge in [-0.15, -0.1) is 0 Å². The zero-order valence-electron chi connectivity index (χ0n) is 12.5. The average molecular weight is 298 g/mol. The van der Waals surface area contributed by atoms with Gasteiger partial charge in [0.25, 0.3) is 0 Å². The fourth-order valence-corrected chi connectivity index (χ4v) is 1.79. The molecule has 0 aliphatic heterocycles. The summed E-state index contributed by atoms with van der Waals surface area (Å²) in [4.78, 5) is 29.4. The van der Waals surface area contributed by atoms with Gasteiger partial charge in [-0.3, -0.25) is 14.6 Å². The van der Waals surface area contributed by atoms with Gasteiger partial charge in [0.2, 0.25) is 0 Å². The minimum absolute atomic E-state index is 0.286. The van der Waals surface area contributed by atoms with Gasteiger partial charge < -0.3 is 15.5 Å².